The van der Waals surface area contributed by atoms with Crippen molar-refractivity contribution in [3.63, 3.8) is 0 Å². The number of ether oxygens (including phenoxy) is 1. The molecule has 0 fully saturated rings. The second-order valence-electron chi connectivity index (χ2n) is 6.09. The molecular formula is C20H20N4O3. The first kappa shape index (κ1) is 18.3. The number of hydrogen-bond donors (Lipinski definition) is 2. The third-order valence-corrected chi connectivity index (χ3v) is 3.93. The van der Waals surface area contributed by atoms with Gasteiger partial charge in [-0.05, 0) is 37.6 Å². The Bertz CT molecular complexity index is 1000. The summed E-state index contributed by atoms with van der Waals surface area (Å²) in [6.07, 6.45) is 1.60. The van der Waals surface area contributed by atoms with Crippen molar-refractivity contribution in [3.05, 3.63) is 81.7 Å². The smallest absolute Gasteiger partial charge is 0.254 e. The molecule has 0 unspecified atom stereocenters. The van der Waals surface area contributed by atoms with Crippen molar-refractivity contribution >= 4 is 5.91 Å². The van der Waals surface area contributed by atoms with Crippen molar-refractivity contribution in [2.75, 3.05) is 0 Å². The van der Waals surface area contributed by atoms with E-state index in [1.54, 1.807) is 32.2 Å². The number of aryl methyl sites for hydroxylation is 2. The second kappa shape index (κ2) is 8.27. The van der Waals surface area contributed by atoms with Gasteiger partial charge in [-0.3, -0.25) is 9.59 Å². The Morgan fingerprint density at radius 2 is 1.96 bits per heavy atom. The number of hydrogen-bond acceptors (Lipinski definition) is 5. The highest BCUT2D eigenvalue weighted by Gasteiger charge is 2.12. The van der Waals surface area contributed by atoms with Crippen molar-refractivity contribution in [2.24, 2.45) is 0 Å². The maximum atomic E-state index is 12.2. The van der Waals surface area contributed by atoms with Crippen LogP contribution < -0.4 is 15.6 Å². The zero-order valence-electron chi connectivity index (χ0n) is 15.2. The molecule has 2 aromatic heterocycles. The lowest BCUT2D eigenvalue weighted by molar-refractivity contribution is -0.120. The molecule has 7 nitrogen and oxygen atoms in total. The van der Waals surface area contributed by atoms with Gasteiger partial charge in [0.05, 0.1) is 6.42 Å². The summed E-state index contributed by atoms with van der Waals surface area (Å²) in [4.78, 5) is 35.2. The van der Waals surface area contributed by atoms with Crippen molar-refractivity contribution < 1.29 is 9.53 Å². The zero-order valence-corrected chi connectivity index (χ0v) is 15.2. The van der Waals surface area contributed by atoms with Gasteiger partial charge in [-0.1, -0.05) is 18.2 Å². The van der Waals surface area contributed by atoms with Crippen LogP contribution in [0.3, 0.4) is 0 Å². The fraction of sp³-hybridized carbons (Fsp3) is 0.200. The Labute approximate surface area is 156 Å². The van der Waals surface area contributed by atoms with Gasteiger partial charge in [0.2, 0.25) is 11.8 Å². The highest BCUT2D eigenvalue weighted by molar-refractivity contribution is 5.78. The molecule has 0 atom stereocenters. The van der Waals surface area contributed by atoms with Gasteiger partial charge in [-0.2, -0.15) is 0 Å². The minimum absolute atomic E-state index is 0.0209. The van der Waals surface area contributed by atoms with E-state index in [2.05, 4.69) is 20.3 Å². The Morgan fingerprint density at radius 3 is 2.70 bits per heavy atom. The van der Waals surface area contributed by atoms with E-state index in [1.165, 1.54) is 0 Å². The van der Waals surface area contributed by atoms with Gasteiger partial charge < -0.3 is 15.0 Å². The van der Waals surface area contributed by atoms with Gasteiger partial charge in [-0.25, -0.2) is 9.97 Å². The summed E-state index contributed by atoms with van der Waals surface area (Å²) in [6.45, 7) is 3.74. The normalized spacial score (nSPS) is 10.4. The molecular weight excluding hydrogens is 344 g/mol. The SMILES string of the molecule is Cc1nc(C)c(CC(=O)NCc2ccnc(Oc3ccccc3)c2)c(=O)[nH]1. The van der Waals surface area contributed by atoms with Gasteiger partial charge in [0, 0.05) is 30.1 Å². The van der Waals surface area contributed by atoms with Crippen LogP contribution in [0.15, 0.2) is 53.5 Å². The van der Waals surface area contributed by atoms with Crippen LogP contribution in [-0.2, 0) is 17.8 Å². The van der Waals surface area contributed by atoms with Crippen LogP contribution in [0.2, 0.25) is 0 Å². The molecule has 0 bridgehead atoms. The Hall–Kier alpha value is -3.48. The lowest BCUT2D eigenvalue weighted by Crippen LogP contribution is -2.29. The quantitative estimate of drug-likeness (QED) is 0.700. The summed E-state index contributed by atoms with van der Waals surface area (Å²) in [5.74, 6) is 1.41. The van der Waals surface area contributed by atoms with E-state index >= 15 is 0 Å². The van der Waals surface area contributed by atoms with E-state index in [9.17, 15) is 9.59 Å². The highest BCUT2D eigenvalue weighted by atomic mass is 16.5. The Morgan fingerprint density at radius 1 is 1.19 bits per heavy atom. The van der Waals surface area contributed by atoms with E-state index in [0.717, 1.165) is 5.56 Å². The summed E-state index contributed by atoms with van der Waals surface area (Å²) in [7, 11) is 0. The third kappa shape index (κ3) is 5.01. The number of rotatable bonds is 6. The van der Waals surface area contributed by atoms with E-state index in [-0.39, 0.29) is 17.9 Å². The number of benzene rings is 1. The Balaban J connectivity index is 1.61. The van der Waals surface area contributed by atoms with Crippen LogP contribution in [-0.4, -0.2) is 20.9 Å². The standard InChI is InChI=1S/C20H20N4O3/c1-13-17(20(26)24-14(2)23-13)11-18(25)22-12-15-8-9-21-19(10-15)27-16-6-4-3-5-7-16/h3-10H,11-12H2,1-2H3,(H,22,25)(H,23,24,26). The average molecular weight is 364 g/mol. The molecule has 3 aromatic rings. The van der Waals surface area contributed by atoms with Crippen molar-refractivity contribution in [1.29, 1.82) is 0 Å². The molecule has 2 N–H and O–H groups in total. The monoisotopic (exact) mass is 364 g/mol. The number of carbonyl (C=O) groups is 1. The van der Waals surface area contributed by atoms with Crippen LogP contribution in [0.4, 0.5) is 0 Å². The zero-order chi connectivity index (χ0) is 19.2. The molecule has 7 heteroatoms. The van der Waals surface area contributed by atoms with Crippen LogP contribution in [0, 0.1) is 13.8 Å². The van der Waals surface area contributed by atoms with Crippen molar-refractivity contribution in [1.82, 2.24) is 20.3 Å². The lowest BCUT2D eigenvalue weighted by atomic mass is 10.1. The Kier molecular flexibility index (Phi) is 5.61. The molecule has 27 heavy (non-hydrogen) atoms. The van der Waals surface area contributed by atoms with E-state index in [4.69, 9.17) is 4.74 Å². The molecule has 138 valence electrons. The van der Waals surface area contributed by atoms with Crippen molar-refractivity contribution in [3.8, 4) is 11.6 Å². The molecule has 3 rings (SSSR count). The van der Waals surface area contributed by atoms with Crippen molar-refractivity contribution in [2.45, 2.75) is 26.8 Å². The first-order valence-corrected chi connectivity index (χ1v) is 8.52. The molecule has 0 radical (unpaired) electrons. The molecule has 1 amide bonds. The number of H-pyrrole nitrogens is 1. The number of aromatic nitrogens is 3. The predicted octanol–water partition coefficient (Wildman–Crippen LogP) is 2.43. The number of pyridine rings is 1. The maximum absolute atomic E-state index is 12.2. The topological polar surface area (TPSA) is 97.0 Å². The molecule has 2 heterocycles. The largest absolute Gasteiger partial charge is 0.439 e. The summed E-state index contributed by atoms with van der Waals surface area (Å²) in [6, 6.07) is 12.9. The fourth-order valence-electron chi connectivity index (χ4n) is 2.61. The minimum atomic E-state index is -0.280. The average Bonchev–Trinajstić information content (AvgIpc) is 2.64. The predicted molar refractivity (Wildman–Crippen MR) is 101 cm³/mol. The van der Waals surface area contributed by atoms with Crippen LogP contribution in [0.25, 0.3) is 0 Å². The minimum Gasteiger partial charge on any atom is -0.439 e. The van der Waals surface area contributed by atoms with Crippen LogP contribution >= 0.6 is 0 Å². The molecule has 1 aromatic carbocycles. The molecule has 0 aliphatic heterocycles. The summed E-state index contributed by atoms with van der Waals surface area (Å²) in [5, 5.41) is 2.80. The van der Waals surface area contributed by atoms with Gasteiger partial charge in [-0.15, -0.1) is 0 Å². The lowest BCUT2D eigenvalue weighted by Gasteiger charge is -2.09. The number of nitrogens with zero attached hydrogens (tertiary/aromatic N) is 2. The summed E-state index contributed by atoms with van der Waals surface area (Å²) < 4.78 is 5.69. The molecule has 0 aliphatic carbocycles. The van der Waals surface area contributed by atoms with E-state index in [1.807, 2.05) is 30.3 Å². The van der Waals surface area contributed by atoms with Gasteiger partial charge in [0.15, 0.2) is 0 Å². The number of carbonyl (C=O) groups excluding carboxylic acids is 1. The third-order valence-electron chi connectivity index (χ3n) is 3.93. The van der Waals surface area contributed by atoms with E-state index < -0.39 is 0 Å². The molecule has 0 saturated carbocycles. The van der Waals surface area contributed by atoms with Gasteiger partial charge in [0.25, 0.3) is 5.56 Å². The first-order valence-electron chi connectivity index (χ1n) is 8.52. The number of nitrogens with one attached hydrogen (secondary N) is 2. The molecule has 0 spiro atoms. The second-order valence-corrected chi connectivity index (χ2v) is 6.09. The summed E-state index contributed by atoms with van der Waals surface area (Å²) in [5.41, 5.74) is 1.50. The van der Waals surface area contributed by atoms with Gasteiger partial charge >= 0.3 is 0 Å². The maximum Gasteiger partial charge on any atom is 0.254 e. The summed E-state index contributed by atoms with van der Waals surface area (Å²) >= 11 is 0. The number of amides is 1. The van der Waals surface area contributed by atoms with E-state index in [0.29, 0.717) is 35.3 Å². The van der Waals surface area contributed by atoms with Gasteiger partial charge in [0.1, 0.15) is 11.6 Å². The highest BCUT2D eigenvalue weighted by Crippen LogP contribution is 2.19. The van der Waals surface area contributed by atoms with Crippen LogP contribution in [0.1, 0.15) is 22.6 Å². The number of aromatic amines is 1. The molecule has 0 saturated heterocycles. The fourth-order valence-corrected chi connectivity index (χ4v) is 2.61. The molecule has 0 aliphatic rings. The van der Waals surface area contributed by atoms with Crippen LogP contribution in [0.5, 0.6) is 11.6 Å². The first-order chi connectivity index (χ1) is 13.0. The number of para-hydroxylation sites is 1.